The highest BCUT2D eigenvalue weighted by Gasteiger charge is 2.17. The van der Waals surface area contributed by atoms with Crippen molar-refractivity contribution < 1.29 is 4.74 Å². The monoisotopic (exact) mass is 273 g/mol. The van der Waals surface area contributed by atoms with Crippen LogP contribution < -0.4 is 10.1 Å². The van der Waals surface area contributed by atoms with Gasteiger partial charge in [0, 0.05) is 18.8 Å². The highest BCUT2D eigenvalue weighted by atomic mass is 16.5. The first-order valence-corrected chi connectivity index (χ1v) is 6.28. The second-order valence-electron chi connectivity index (χ2n) is 4.52. The summed E-state index contributed by atoms with van der Waals surface area (Å²) in [6.07, 6.45) is 5.10. The van der Waals surface area contributed by atoms with Crippen molar-refractivity contribution >= 4 is 11.6 Å². The lowest BCUT2D eigenvalue weighted by Gasteiger charge is -2.13. The Kier molecular flexibility index (Phi) is 2.97. The van der Waals surface area contributed by atoms with Gasteiger partial charge in [-0.1, -0.05) is 0 Å². The van der Waals surface area contributed by atoms with Gasteiger partial charge in [0.15, 0.2) is 5.65 Å². The van der Waals surface area contributed by atoms with E-state index >= 15 is 0 Å². The lowest BCUT2D eigenvalue weighted by atomic mass is 10.2. The van der Waals surface area contributed by atoms with E-state index in [4.69, 9.17) is 4.74 Å². The van der Waals surface area contributed by atoms with Crippen LogP contribution in [0.4, 0.5) is 5.95 Å². The van der Waals surface area contributed by atoms with Gasteiger partial charge in [-0.25, -0.2) is 4.98 Å². The first-order chi connectivity index (χ1) is 9.69. The summed E-state index contributed by atoms with van der Waals surface area (Å²) >= 11 is 0. The molecule has 104 valence electrons. The van der Waals surface area contributed by atoms with Crippen LogP contribution in [-0.4, -0.2) is 42.9 Å². The summed E-state index contributed by atoms with van der Waals surface area (Å²) in [5.74, 6) is 1.07. The molecule has 0 fully saturated rings. The molecule has 0 amide bonds. The molecular weight excluding hydrogens is 258 g/mol. The summed E-state index contributed by atoms with van der Waals surface area (Å²) in [5, 5.41) is 14.0. The summed E-state index contributed by atoms with van der Waals surface area (Å²) in [5.41, 5.74) is 2.13. The number of anilines is 1. The first-order valence-electron chi connectivity index (χ1n) is 6.28. The molecule has 3 rings (SSSR count). The molecule has 8 heteroatoms. The quantitative estimate of drug-likeness (QED) is 0.745. The van der Waals surface area contributed by atoms with E-state index in [-0.39, 0.29) is 6.10 Å². The number of fused-ring (bicyclic) bond motifs is 1. The lowest BCUT2D eigenvalue weighted by molar-refractivity contribution is 0.227. The predicted molar refractivity (Wildman–Crippen MR) is 73.7 cm³/mol. The van der Waals surface area contributed by atoms with E-state index in [1.165, 1.54) is 0 Å². The number of hydrogen-bond donors (Lipinski definition) is 2. The lowest BCUT2D eigenvalue weighted by Crippen LogP contribution is -2.11. The molecule has 0 atom stereocenters. The van der Waals surface area contributed by atoms with Crippen molar-refractivity contribution in [1.29, 1.82) is 0 Å². The fourth-order valence-corrected chi connectivity index (χ4v) is 1.85. The zero-order chi connectivity index (χ0) is 14.1. The summed E-state index contributed by atoms with van der Waals surface area (Å²) in [6, 6.07) is 0. The standard InChI is InChI=1S/C12H15N7O/c1-7(2)20-11-10(8-4-15-16-5-8)14-6-9-17-12(13-3)18-19(9)11/h4-7H,1-3H3,(H,13,18)(H,15,16). The summed E-state index contributed by atoms with van der Waals surface area (Å²) in [7, 11) is 1.77. The Hall–Kier alpha value is -2.64. The molecular formula is C12H15N7O. The van der Waals surface area contributed by atoms with Gasteiger partial charge in [-0.2, -0.15) is 14.6 Å². The first kappa shape index (κ1) is 12.4. The molecule has 2 N–H and O–H groups in total. The van der Waals surface area contributed by atoms with Crippen molar-refractivity contribution in [3.63, 3.8) is 0 Å². The Morgan fingerprint density at radius 2 is 2.20 bits per heavy atom. The molecule has 0 radical (unpaired) electrons. The Morgan fingerprint density at radius 1 is 1.35 bits per heavy atom. The van der Waals surface area contributed by atoms with Crippen molar-refractivity contribution in [1.82, 2.24) is 29.8 Å². The topological polar surface area (TPSA) is 93.0 Å². The highest BCUT2D eigenvalue weighted by molar-refractivity contribution is 5.65. The van der Waals surface area contributed by atoms with E-state index in [2.05, 4.69) is 30.6 Å². The molecule has 8 nitrogen and oxygen atoms in total. The summed E-state index contributed by atoms with van der Waals surface area (Å²) in [4.78, 5) is 8.71. The maximum atomic E-state index is 5.87. The molecule has 3 aromatic heterocycles. The molecule has 0 saturated carbocycles. The molecule has 3 aromatic rings. The van der Waals surface area contributed by atoms with Crippen molar-refractivity contribution in [2.24, 2.45) is 0 Å². The minimum Gasteiger partial charge on any atom is -0.473 e. The summed E-state index contributed by atoms with van der Waals surface area (Å²) in [6.45, 7) is 3.90. The van der Waals surface area contributed by atoms with Crippen molar-refractivity contribution in [2.45, 2.75) is 20.0 Å². The molecule has 0 saturated heterocycles. The molecule has 0 aliphatic carbocycles. The number of aromatic amines is 1. The number of hydrogen-bond acceptors (Lipinski definition) is 6. The van der Waals surface area contributed by atoms with Crippen molar-refractivity contribution in [3.8, 4) is 17.1 Å². The van der Waals surface area contributed by atoms with Gasteiger partial charge in [-0.3, -0.25) is 5.10 Å². The molecule has 0 bridgehead atoms. The summed E-state index contributed by atoms with van der Waals surface area (Å²) < 4.78 is 7.51. The molecule has 3 heterocycles. The van der Waals surface area contributed by atoms with E-state index in [0.29, 0.717) is 23.2 Å². The Balaban J connectivity index is 2.23. The molecule has 0 aliphatic heterocycles. The highest BCUT2D eigenvalue weighted by Crippen LogP contribution is 2.28. The number of nitrogens with zero attached hydrogens (tertiary/aromatic N) is 5. The van der Waals surface area contributed by atoms with Gasteiger partial charge in [0.25, 0.3) is 0 Å². The SMILES string of the molecule is CNc1nc2cnc(-c3cn[nH]c3)c(OC(C)C)n2n1. The third-order valence-corrected chi connectivity index (χ3v) is 2.68. The molecule has 20 heavy (non-hydrogen) atoms. The van der Waals surface area contributed by atoms with Crippen molar-refractivity contribution in [2.75, 3.05) is 12.4 Å². The Morgan fingerprint density at radius 3 is 2.85 bits per heavy atom. The van der Waals surface area contributed by atoms with Gasteiger partial charge in [-0.15, -0.1) is 5.10 Å². The van der Waals surface area contributed by atoms with Gasteiger partial charge in [-0.05, 0) is 13.8 Å². The van der Waals surface area contributed by atoms with E-state index < -0.39 is 0 Å². The van der Waals surface area contributed by atoms with Crippen LogP contribution in [0.5, 0.6) is 5.88 Å². The van der Waals surface area contributed by atoms with Gasteiger partial charge >= 0.3 is 0 Å². The van der Waals surface area contributed by atoms with Gasteiger partial charge in [0.05, 0.1) is 18.5 Å². The molecule has 0 aromatic carbocycles. The van der Waals surface area contributed by atoms with Gasteiger partial charge < -0.3 is 10.1 Å². The van der Waals surface area contributed by atoms with Gasteiger partial charge in [0.1, 0.15) is 5.69 Å². The third-order valence-electron chi connectivity index (χ3n) is 2.68. The molecule has 0 unspecified atom stereocenters. The van der Waals surface area contributed by atoms with Crippen LogP contribution in [0, 0.1) is 0 Å². The number of rotatable bonds is 4. The minimum absolute atomic E-state index is 0.00436. The van der Waals surface area contributed by atoms with E-state index in [0.717, 1.165) is 5.56 Å². The Labute approximate surface area is 115 Å². The molecule has 0 aliphatic rings. The second kappa shape index (κ2) is 4.80. The van der Waals surface area contributed by atoms with Crippen LogP contribution >= 0.6 is 0 Å². The number of nitrogens with one attached hydrogen (secondary N) is 2. The largest absolute Gasteiger partial charge is 0.473 e. The molecule has 0 spiro atoms. The zero-order valence-electron chi connectivity index (χ0n) is 11.5. The number of aromatic nitrogens is 6. The zero-order valence-corrected chi connectivity index (χ0v) is 11.5. The van der Waals surface area contributed by atoms with Crippen LogP contribution in [0.15, 0.2) is 18.6 Å². The predicted octanol–water partition coefficient (Wildman–Crippen LogP) is 1.34. The Bertz CT molecular complexity index is 717. The number of H-pyrrole nitrogens is 1. The fourth-order valence-electron chi connectivity index (χ4n) is 1.85. The van der Waals surface area contributed by atoms with Crippen LogP contribution in [0.25, 0.3) is 16.9 Å². The van der Waals surface area contributed by atoms with Crippen LogP contribution in [-0.2, 0) is 0 Å². The van der Waals surface area contributed by atoms with Crippen LogP contribution in [0.2, 0.25) is 0 Å². The van der Waals surface area contributed by atoms with Crippen LogP contribution in [0.3, 0.4) is 0 Å². The second-order valence-corrected chi connectivity index (χ2v) is 4.52. The van der Waals surface area contributed by atoms with E-state index in [1.807, 2.05) is 13.8 Å². The fraction of sp³-hybridized carbons (Fsp3) is 0.333. The van der Waals surface area contributed by atoms with E-state index in [9.17, 15) is 0 Å². The normalized spacial score (nSPS) is 11.2. The van der Waals surface area contributed by atoms with Crippen LogP contribution in [0.1, 0.15) is 13.8 Å². The van der Waals surface area contributed by atoms with Gasteiger partial charge in [0.2, 0.25) is 11.8 Å². The maximum absolute atomic E-state index is 5.87. The maximum Gasteiger partial charge on any atom is 0.244 e. The average Bonchev–Trinajstić information content (AvgIpc) is 3.07. The van der Waals surface area contributed by atoms with Crippen molar-refractivity contribution in [3.05, 3.63) is 18.6 Å². The number of ether oxygens (including phenoxy) is 1. The van der Waals surface area contributed by atoms with E-state index in [1.54, 1.807) is 30.2 Å². The minimum atomic E-state index is -0.00436. The third kappa shape index (κ3) is 2.04. The average molecular weight is 273 g/mol. The smallest absolute Gasteiger partial charge is 0.244 e.